The van der Waals surface area contributed by atoms with Crippen LogP contribution >= 0.6 is 0 Å². The highest BCUT2D eigenvalue weighted by atomic mass is 16.1. The van der Waals surface area contributed by atoms with E-state index in [2.05, 4.69) is 54.7 Å². The molecule has 0 aromatic heterocycles. The lowest BCUT2D eigenvalue weighted by Crippen LogP contribution is -2.33. The molecule has 0 heterocycles. The molecule has 1 atom stereocenters. The van der Waals surface area contributed by atoms with Crippen LogP contribution in [0.4, 0.5) is 0 Å². The lowest BCUT2D eigenvalue weighted by atomic mass is 9.88. The summed E-state index contributed by atoms with van der Waals surface area (Å²) in [5.74, 6) is 0.456. The van der Waals surface area contributed by atoms with Crippen LogP contribution in [0.2, 0.25) is 0 Å². The number of carbonyl (C=O) groups excluding carboxylic acids is 1. The van der Waals surface area contributed by atoms with E-state index < -0.39 is 0 Å². The summed E-state index contributed by atoms with van der Waals surface area (Å²) in [6.07, 6.45) is 5.78. The molecule has 0 bridgehead atoms. The van der Waals surface area contributed by atoms with Crippen molar-refractivity contribution in [2.24, 2.45) is 5.92 Å². The monoisotopic (exact) mass is 281 g/mol. The molecular weight excluding hydrogens is 258 g/mol. The van der Waals surface area contributed by atoms with Crippen LogP contribution in [0.15, 0.2) is 42.5 Å². The van der Waals surface area contributed by atoms with Gasteiger partial charge >= 0.3 is 0 Å². The third-order valence-electron chi connectivity index (χ3n) is 4.61. The molecule has 2 heteroatoms. The van der Waals surface area contributed by atoms with E-state index in [0.29, 0.717) is 0 Å². The standard InChI is InChI=1S/C19H23NO/c1-14(20-19(21)16-8-3-2-4-9-16)17-12-11-15-7-5-6-10-18(15)13-17/h5-7,10-14,16H,2-4,8-9H2,1H3,(H,20,21). The van der Waals surface area contributed by atoms with Gasteiger partial charge in [-0.05, 0) is 42.2 Å². The molecule has 2 aromatic carbocycles. The molecule has 1 saturated carbocycles. The summed E-state index contributed by atoms with van der Waals surface area (Å²) in [5, 5.41) is 5.66. The zero-order chi connectivity index (χ0) is 14.7. The zero-order valence-electron chi connectivity index (χ0n) is 12.6. The number of amides is 1. The maximum absolute atomic E-state index is 12.3. The van der Waals surface area contributed by atoms with Gasteiger partial charge in [-0.3, -0.25) is 4.79 Å². The highest BCUT2D eigenvalue weighted by Gasteiger charge is 2.22. The fraction of sp³-hybridized carbons (Fsp3) is 0.421. The first kappa shape index (κ1) is 14.1. The van der Waals surface area contributed by atoms with Gasteiger partial charge < -0.3 is 5.32 Å². The van der Waals surface area contributed by atoms with E-state index in [-0.39, 0.29) is 17.9 Å². The molecule has 1 N–H and O–H groups in total. The first-order valence-electron chi connectivity index (χ1n) is 8.03. The largest absolute Gasteiger partial charge is 0.349 e. The fourth-order valence-electron chi connectivity index (χ4n) is 3.26. The highest BCUT2D eigenvalue weighted by Crippen LogP contribution is 2.25. The van der Waals surface area contributed by atoms with Gasteiger partial charge in [0.05, 0.1) is 6.04 Å². The lowest BCUT2D eigenvalue weighted by molar-refractivity contribution is -0.126. The molecule has 2 aromatic rings. The molecule has 110 valence electrons. The van der Waals surface area contributed by atoms with Crippen LogP contribution in [0, 0.1) is 5.92 Å². The highest BCUT2D eigenvalue weighted by molar-refractivity contribution is 5.83. The Morgan fingerprint density at radius 3 is 2.52 bits per heavy atom. The van der Waals surface area contributed by atoms with Gasteiger partial charge in [-0.2, -0.15) is 0 Å². The fourth-order valence-corrected chi connectivity index (χ4v) is 3.26. The van der Waals surface area contributed by atoms with E-state index in [4.69, 9.17) is 0 Å². The maximum atomic E-state index is 12.3. The van der Waals surface area contributed by atoms with Crippen molar-refractivity contribution in [3.8, 4) is 0 Å². The van der Waals surface area contributed by atoms with E-state index in [1.54, 1.807) is 0 Å². The van der Waals surface area contributed by atoms with Crippen LogP contribution in [0.3, 0.4) is 0 Å². The molecule has 1 aliphatic rings. The number of carbonyl (C=O) groups is 1. The molecule has 1 aliphatic carbocycles. The quantitative estimate of drug-likeness (QED) is 0.875. The Morgan fingerprint density at radius 2 is 1.76 bits per heavy atom. The summed E-state index contributed by atoms with van der Waals surface area (Å²) < 4.78 is 0. The van der Waals surface area contributed by atoms with Gasteiger partial charge in [-0.1, -0.05) is 55.7 Å². The smallest absolute Gasteiger partial charge is 0.223 e. The zero-order valence-corrected chi connectivity index (χ0v) is 12.6. The van der Waals surface area contributed by atoms with Gasteiger partial charge in [-0.25, -0.2) is 0 Å². The summed E-state index contributed by atoms with van der Waals surface area (Å²) in [6, 6.07) is 14.8. The maximum Gasteiger partial charge on any atom is 0.223 e. The number of fused-ring (bicyclic) bond motifs is 1. The topological polar surface area (TPSA) is 29.1 Å². The Balaban J connectivity index is 1.71. The van der Waals surface area contributed by atoms with Crippen molar-refractivity contribution in [1.29, 1.82) is 0 Å². The van der Waals surface area contributed by atoms with Crippen molar-refractivity contribution >= 4 is 16.7 Å². The van der Waals surface area contributed by atoms with Gasteiger partial charge in [0, 0.05) is 5.92 Å². The SMILES string of the molecule is CC(NC(=O)C1CCCCC1)c1ccc2ccccc2c1. The molecule has 0 saturated heterocycles. The second kappa shape index (κ2) is 6.30. The number of nitrogens with one attached hydrogen (secondary N) is 1. The van der Waals surface area contributed by atoms with Gasteiger partial charge in [0.25, 0.3) is 0 Å². The van der Waals surface area contributed by atoms with Crippen molar-refractivity contribution in [2.75, 3.05) is 0 Å². The molecule has 0 aliphatic heterocycles. The Hall–Kier alpha value is -1.83. The van der Waals surface area contributed by atoms with E-state index in [9.17, 15) is 4.79 Å². The molecule has 1 amide bonds. The first-order chi connectivity index (χ1) is 10.2. The van der Waals surface area contributed by atoms with Crippen molar-refractivity contribution in [3.05, 3.63) is 48.0 Å². The normalized spacial score (nSPS) is 17.6. The van der Waals surface area contributed by atoms with E-state index in [1.165, 1.54) is 35.6 Å². The van der Waals surface area contributed by atoms with Gasteiger partial charge in [0.2, 0.25) is 5.91 Å². The Morgan fingerprint density at radius 1 is 1.05 bits per heavy atom. The molecule has 1 fully saturated rings. The average molecular weight is 281 g/mol. The van der Waals surface area contributed by atoms with Crippen LogP contribution in [-0.4, -0.2) is 5.91 Å². The number of benzene rings is 2. The third kappa shape index (κ3) is 3.26. The Bertz CT molecular complexity index is 628. The average Bonchev–Trinajstić information content (AvgIpc) is 2.55. The molecular formula is C19H23NO. The predicted octanol–water partition coefficient (Wildman–Crippen LogP) is 4.60. The van der Waals surface area contributed by atoms with Crippen LogP contribution in [-0.2, 0) is 4.79 Å². The Labute approximate surface area is 126 Å². The second-order valence-corrected chi connectivity index (χ2v) is 6.17. The van der Waals surface area contributed by atoms with Gasteiger partial charge in [0.15, 0.2) is 0 Å². The molecule has 3 rings (SSSR count). The van der Waals surface area contributed by atoms with E-state index in [1.807, 2.05) is 0 Å². The second-order valence-electron chi connectivity index (χ2n) is 6.17. The van der Waals surface area contributed by atoms with E-state index in [0.717, 1.165) is 12.8 Å². The van der Waals surface area contributed by atoms with Crippen LogP contribution in [0.25, 0.3) is 10.8 Å². The number of hydrogen-bond donors (Lipinski definition) is 1. The molecule has 21 heavy (non-hydrogen) atoms. The van der Waals surface area contributed by atoms with Crippen molar-refractivity contribution < 1.29 is 4.79 Å². The van der Waals surface area contributed by atoms with Crippen LogP contribution in [0.1, 0.15) is 50.6 Å². The molecule has 1 unspecified atom stereocenters. The van der Waals surface area contributed by atoms with Crippen LogP contribution in [0.5, 0.6) is 0 Å². The third-order valence-corrected chi connectivity index (χ3v) is 4.61. The van der Waals surface area contributed by atoms with Crippen molar-refractivity contribution in [2.45, 2.75) is 45.1 Å². The predicted molar refractivity (Wildman–Crippen MR) is 87.1 cm³/mol. The molecule has 0 spiro atoms. The van der Waals surface area contributed by atoms with Gasteiger partial charge in [-0.15, -0.1) is 0 Å². The first-order valence-corrected chi connectivity index (χ1v) is 8.03. The minimum Gasteiger partial charge on any atom is -0.349 e. The minimum absolute atomic E-state index is 0.0732. The van der Waals surface area contributed by atoms with Gasteiger partial charge in [0.1, 0.15) is 0 Å². The Kier molecular flexibility index (Phi) is 4.23. The number of hydrogen-bond acceptors (Lipinski definition) is 1. The minimum atomic E-state index is 0.0732. The molecule has 2 nitrogen and oxygen atoms in total. The number of rotatable bonds is 3. The van der Waals surface area contributed by atoms with E-state index >= 15 is 0 Å². The summed E-state index contributed by atoms with van der Waals surface area (Å²) in [5.41, 5.74) is 1.18. The summed E-state index contributed by atoms with van der Waals surface area (Å²) >= 11 is 0. The summed E-state index contributed by atoms with van der Waals surface area (Å²) in [4.78, 5) is 12.3. The summed E-state index contributed by atoms with van der Waals surface area (Å²) in [6.45, 7) is 2.07. The van der Waals surface area contributed by atoms with Crippen molar-refractivity contribution in [1.82, 2.24) is 5.32 Å². The summed E-state index contributed by atoms with van der Waals surface area (Å²) in [7, 11) is 0. The van der Waals surface area contributed by atoms with Crippen LogP contribution < -0.4 is 5.32 Å². The molecule has 0 radical (unpaired) electrons. The van der Waals surface area contributed by atoms with Crippen molar-refractivity contribution in [3.63, 3.8) is 0 Å². The lowest BCUT2D eigenvalue weighted by Gasteiger charge is -2.23.